The normalized spacial score (nSPS) is 19.6. The van der Waals surface area contributed by atoms with Crippen molar-refractivity contribution in [3.8, 4) is 0 Å². The molecule has 0 bridgehead atoms. The maximum absolute atomic E-state index is 13.3. The van der Waals surface area contributed by atoms with Crippen molar-refractivity contribution >= 4 is 31.7 Å². The van der Waals surface area contributed by atoms with Crippen LogP contribution in [0, 0.1) is 12.7 Å². The number of rotatable bonds is 5. The van der Waals surface area contributed by atoms with Crippen molar-refractivity contribution in [3.63, 3.8) is 0 Å². The average Bonchev–Trinajstić information content (AvgIpc) is 3.45. The molecule has 9 nitrogen and oxygen atoms in total. The van der Waals surface area contributed by atoms with Gasteiger partial charge in [0.05, 0.1) is 28.4 Å². The number of primary sulfonamides is 1. The monoisotopic (exact) mass is 599 g/mol. The lowest BCUT2D eigenvalue weighted by molar-refractivity contribution is 0.419. The quantitative estimate of drug-likeness (QED) is 0.336. The van der Waals surface area contributed by atoms with Gasteiger partial charge in [0.25, 0.3) is 10.0 Å². The van der Waals surface area contributed by atoms with Gasteiger partial charge in [-0.15, -0.1) is 0 Å². The third kappa shape index (κ3) is 8.69. The van der Waals surface area contributed by atoms with Gasteiger partial charge in [-0.05, 0) is 62.4 Å². The van der Waals surface area contributed by atoms with Crippen LogP contribution >= 0.6 is 0 Å². The molecule has 0 spiro atoms. The van der Waals surface area contributed by atoms with E-state index in [2.05, 4.69) is 14.8 Å². The summed E-state index contributed by atoms with van der Waals surface area (Å²) in [5.74, 6) is -0.283. The molecule has 0 atom stereocenters. The molecule has 218 valence electrons. The first-order chi connectivity index (χ1) is 19.5. The Bertz CT molecular complexity index is 1540. The number of halogens is 1. The van der Waals surface area contributed by atoms with E-state index >= 15 is 0 Å². The van der Waals surface area contributed by atoms with E-state index in [4.69, 9.17) is 5.14 Å². The molecular weight excluding hydrogens is 565 g/mol. The molecule has 0 unspecified atom stereocenters. The number of benzene rings is 3. The van der Waals surface area contributed by atoms with Crippen LogP contribution in [0.3, 0.4) is 0 Å². The standard InChI is InChI=1S/C23H28FN5O4S2.C6H6/c1-16-2-10-21(11-3-16)35(32,33)28-23(26-19-8-12-20(13-9-19)34(25,30)31)29-15-14-22(27-29)17-4-6-18(24)7-5-17;1-2-4-6-5-3-1/h2-7,10-11,19-20H,8-9,12-15H2,1H3,(H,26,28)(H2,25,30,31);1-6H. The van der Waals surface area contributed by atoms with Crippen molar-refractivity contribution in [2.45, 2.75) is 55.2 Å². The fourth-order valence-corrected chi connectivity index (χ4v) is 6.50. The van der Waals surface area contributed by atoms with Gasteiger partial charge in [-0.2, -0.15) is 5.10 Å². The zero-order valence-corrected chi connectivity index (χ0v) is 24.4. The highest BCUT2D eigenvalue weighted by atomic mass is 32.2. The van der Waals surface area contributed by atoms with E-state index in [-0.39, 0.29) is 22.7 Å². The molecule has 1 aliphatic carbocycles. The van der Waals surface area contributed by atoms with Crippen LogP contribution in [0.25, 0.3) is 0 Å². The minimum absolute atomic E-state index is 0.0711. The lowest BCUT2D eigenvalue weighted by Gasteiger charge is -2.26. The number of guanidine groups is 1. The molecule has 5 rings (SSSR count). The number of hydrazone groups is 1. The molecule has 1 heterocycles. The predicted molar refractivity (Wildman–Crippen MR) is 159 cm³/mol. The molecule has 1 fully saturated rings. The summed E-state index contributed by atoms with van der Waals surface area (Å²) < 4.78 is 65.5. The minimum Gasteiger partial charge on any atom is -0.248 e. The smallest absolute Gasteiger partial charge is 0.248 e. The topological polar surface area (TPSA) is 134 Å². The third-order valence-electron chi connectivity index (χ3n) is 6.86. The zero-order chi connectivity index (χ0) is 29.5. The van der Waals surface area contributed by atoms with E-state index in [9.17, 15) is 21.2 Å². The summed E-state index contributed by atoms with van der Waals surface area (Å²) in [6.45, 7) is 2.25. The fourth-order valence-electron chi connectivity index (χ4n) is 4.56. The molecule has 0 radical (unpaired) electrons. The lowest BCUT2D eigenvalue weighted by atomic mass is 9.95. The number of nitrogens with zero attached hydrogens (tertiary/aromatic N) is 3. The van der Waals surface area contributed by atoms with Gasteiger partial charge in [0.1, 0.15) is 5.82 Å². The van der Waals surface area contributed by atoms with E-state index in [1.807, 2.05) is 43.3 Å². The molecule has 3 aromatic carbocycles. The summed E-state index contributed by atoms with van der Waals surface area (Å²) in [6.07, 6.45) is 2.15. The van der Waals surface area contributed by atoms with Gasteiger partial charge in [-0.25, -0.2) is 41.1 Å². The maximum atomic E-state index is 13.3. The van der Waals surface area contributed by atoms with Crippen molar-refractivity contribution in [1.82, 2.24) is 9.73 Å². The van der Waals surface area contributed by atoms with E-state index in [0.717, 1.165) is 11.1 Å². The number of sulfonamides is 2. The van der Waals surface area contributed by atoms with Gasteiger partial charge >= 0.3 is 0 Å². The van der Waals surface area contributed by atoms with Crippen LogP contribution < -0.4 is 9.86 Å². The Kier molecular flexibility index (Phi) is 9.90. The Balaban J connectivity index is 0.000000572. The van der Waals surface area contributed by atoms with Gasteiger partial charge in [0.2, 0.25) is 16.0 Å². The Morgan fingerprint density at radius 2 is 1.46 bits per heavy atom. The van der Waals surface area contributed by atoms with Gasteiger partial charge in [0.15, 0.2) is 0 Å². The van der Waals surface area contributed by atoms with Crippen LogP contribution in [0.1, 0.15) is 43.2 Å². The molecule has 41 heavy (non-hydrogen) atoms. The summed E-state index contributed by atoms with van der Waals surface area (Å²) in [6, 6.07) is 24.1. The fraction of sp³-hybridized carbons (Fsp3) is 0.310. The number of nitrogens with one attached hydrogen (secondary N) is 1. The SMILES string of the molecule is Cc1ccc(S(=O)(=O)NC(=NC2CCC(S(N)(=O)=O)CC2)N2CCC(c3ccc(F)cc3)=N2)cc1.c1ccccc1. The Labute approximate surface area is 241 Å². The second-order valence-corrected chi connectivity index (χ2v) is 13.5. The predicted octanol–water partition coefficient (Wildman–Crippen LogP) is 4.16. The molecule has 3 N–H and O–H groups in total. The molecule has 0 saturated heterocycles. The maximum Gasteiger partial charge on any atom is 0.264 e. The van der Waals surface area contributed by atoms with Crippen LogP contribution in [0.15, 0.2) is 99.9 Å². The zero-order valence-electron chi connectivity index (χ0n) is 22.7. The van der Waals surface area contributed by atoms with E-state index in [1.54, 1.807) is 24.3 Å². The van der Waals surface area contributed by atoms with Crippen molar-refractivity contribution in [3.05, 3.63) is 102 Å². The van der Waals surface area contributed by atoms with E-state index in [1.165, 1.54) is 29.3 Å². The molecule has 0 amide bonds. The number of nitrogens with two attached hydrogens (primary N) is 1. The highest BCUT2D eigenvalue weighted by Gasteiger charge is 2.31. The highest BCUT2D eigenvalue weighted by molar-refractivity contribution is 7.90. The van der Waals surface area contributed by atoms with Crippen LogP contribution in [0.4, 0.5) is 4.39 Å². The first-order valence-corrected chi connectivity index (χ1v) is 16.4. The summed E-state index contributed by atoms with van der Waals surface area (Å²) in [5.41, 5.74) is 2.35. The number of hydrogen-bond donors (Lipinski definition) is 2. The third-order valence-corrected chi connectivity index (χ3v) is 9.61. The van der Waals surface area contributed by atoms with Gasteiger partial charge in [-0.1, -0.05) is 66.2 Å². The van der Waals surface area contributed by atoms with Gasteiger partial charge in [0, 0.05) is 6.42 Å². The first kappa shape index (κ1) is 30.4. The van der Waals surface area contributed by atoms with Gasteiger partial charge < -0.3 is 0 Å². The molecule has 12 heteroatoms. The number of aliphatic imine (C=N–C) groups is 1. The first-order valence-electron chi connectivity index (χ1n) is 13.3. The minimum atomic E-state index is -3.94. The lowest BCUT2D eigenvalue weighted by Crippen LogP contribution is -2.42. The number of aryl methyl sites for hydroxylation is 1. The Morgan fingerprint density at radius 3 is 2.00 bits per heavy atom. The summed E-state index contributed by atoms with van der Waals surface area (Å²) >= 11 is 0. The summed E-state index contributed by atoms with van der Waals surface area (Å²) in [5, 5.41) is 10.7. The summed E-state index contributed by atoms with van der Waals surface area (Å²) in [4.78, 5) is 4.75. The average molecular weight is 600 g/mol. The van der Waals surface area contributed by atoms with E-state index in [0.29, 0.717) is 44.4 Å². The second kappa shape index (κ2) is 13.4. The van der Waals surface area contributed by atoms with Crippen molar-refractivity contribution < 1.29 is 21.2 Å². The molecule has 3 aromatic rings. The summed E-state index contributed by atoms with van der Waals surface area (Å²) in [7, 11) is -7.57. The largest absolute Gasteiger partial charge is 0.264 e. The van der Waals surface area contributed by atoms with Crippen LogP contribution in [-0.4, -0.2) is 51.4 Å². The van der Waals surface area contributed by atoms with Gasteiger partial charge in [-0.3, -0.25) is 0 Å². The molecule has 0 aromatic heterocycles. The van der Waals surface area contributed by atoms with Crippen molar-refractivity contribution in [2.24, 2.45) is 15.2 Å². The molecule has 1 saturated carbocycles. The number of hydrogen-bond acceptors (Lipinski definition) is 6. The Morgan fingerprint density at radius 1 is 0.902 bits per heavy atom. The molecule has 1 aliphatic heterocycles. The van der Waals surface area contributed by atoms with Crippen molar-refractivity contribution in [2.75, 3.05) is 6.54 Å². The molecular formula is C29H34FN5O4S2. The van der Waals surface area contributed by atoms with E-state index < -0.39 is 25.3 Å². The highest BCUT2D eigenvalue weighted by Crippen LogP contribution is 2.26. The second-order valence-electron chi connectivity index (χ2n) is 9.97. The van der Waals surface area contributed by atoms with Crippen LogP contribution in [0.2, 0.25) is 0 Å². The van der Waals surface area contributed by atoms with Crippen LogP contribution in [0.5, 0.6) is 0 Å². The molecule has 2 aliphatic rings. The van der Waals surface area contributed by atoms with Crippen molar-refractivity contribution in [1.29, 1.82) is 0 Å². The Hall–Kier alpha value is -3.61. The van der Waals surface area contributed by atoms with Crippen LogP contribution in [-0.2, 0) is 20.0 Å².